The number of nitro benzene ring substituents is 1. The molecule has 0 aliphatic carbocycles. The van der Waals surface area contributed by atoms with Gasteiger partial charge in [-0.1, -0.05) is 0 Å². The Morgan fingerprint density at radius 2 is 1.78 bits per heavy atom. The molecule has 2 aromatic carbocycles. The lowest BCUT2D eigenvalue weighted by Crippen LogP contribution is -2.52. The number of amides is 1. The Hall–Kier alpha value is -3.62. The summed E-state index contributed by atoms with van der Waals surface area (Å²) in [6, 6.07) is 11.8. The van der Waals surface area contributed by atoms with Crippen LogP contribution in [0.5, 0.6) is 0 Å². The molecule has 1 saturated heterocycles. The first-order valence-electron chi connectivity index (χ1n) is 10.5. The molecule has 1 heterocycles. The van der Waals surface area contributed by atoms with Gasteiger partial charge in [0.1, 0.15) is 5.69 Å². The van der Waals surface area contributed by atoms with Crippen LogP contribution in [0.2, 0.25) is 0 Å². The molecule has 0 radical (unpaired) electrons. The van der Waals surface area contributed by atoms with Crippen molar-refractivity contribution in [2.24, 2.45) is 0 Å². The largest absolute Gasteiger partial charge is 0.465 e. The van der Waals surface area contributed by atoms with E-state index in [4.69, 9.17) is 4.74 Å². The van der Waals surface area contributed by atoms with E-state index in [2.05, 4.69) is 10.2 Å². The van der Waals surface area contributed by atoms with E-state index in [0.717, 1.165) is 5.69 Å². The molecule has 32 heavy (non-hydrogen) atoms. The number of piperazine rings is 1. The predicted molar refractivity (Wildman–Crippen MR) is 123 cm³/mol. The average Bonchev–Trinajstić information content (AvgIpc) is 2.77. The molecule has 9 nitrogen and oxygen atoms in total. The van der Waals surface area contributed by atoms with Crippen LogP contribution in [0.3, 0.4) is 0 Å². The number of hydrogen-bond donors (Lipinski definition) is 1. The SMILES string of the molecule is COC(=O)c1ccc(N2CCN(c3ccc(C(=O)NC(C)C)cc3[N+](=O)[O-])C(C)C2)cc1. The molecular formula is C23H28N4O5. The third-order valence-electron chi connectivity index (χ3n) is 5.44. The number of benzene rings is 2. The van der Waals surface area contributed by atoms with Crippen LogP contribution in [0.1, 0.15) is 41.5 Å². The zero-order chi connectivity index (χ0) is 23.4. The van der Waals surface area contributed by atoms with Crippen LogP contribution >= 0.6 is 0 Å². The molecule has 0 spiro atoms. The van der Waals surface area contributed by atoms with E-state index in [0.29, 0.717) is 30.9 Å². The van der Waals surface area contributed by atoms with Gasteiger partial charge < -0.3 is 19.9 Å². The molecule has 3 rings (SSSR count). The number of anilines is 2. The van der Waals surface area contributed by atoms with Crippen molar-refractivity contribution in [1.29, 1.82) is 0 Å². The average molecular weight is 441 g/mol. The van der Waals surface area contributed by atoms with Crippen LogP contribution in [-0.4, -0.2) is 55.6 Å². The van der Waals surface area contributed by atoms with Crippen LogP contribution in [-0.2, 0) is 4.74 Å². The van der Waals surface area contributed by atoms with Crippen molar-refractivity contribution in [3.8, 4) is 0 Å². The Labute approximate surface area is 187 Å². The molecule has 170 valence electrons. The molecule has 2 aromatic rings. The number of carbonyl (C=O) groups is 2. The molecule has 0 aromatic heterocycles. The summed E-state index contributed by atoms with van der Waals surface area (Å²) in [5, 5.41) is 14.5. The molecule has 0 bridgehead atoms. The lowest BCUT2D eigenvalue weighted by molar-refractivity contribution is -0.384. The fourth-order valence-electron chi connectivity index (χ4n) is 3.88. The van der Waals surface area contributed by atoms with E-state index in [-0.39, 0.29) is 35.2 Å². The quantitative estimate of drug-likeness (QED) is 0.418. The van der Waals surface area contributed by atoms with Gasteiger partial charge in [-0.2, -0.15) is 0 Å². The van der Waals surface area contributed by atoms with Crippen molar-refractivity contribution in [3.63, 3.8) is 0 Å². The number of ether oxygens (including phenoxy) is 1. The molecular weight excluding hydrogens is 412 g/mol. The van der Waals surface area contributed by atoms with Crippen LogP contribution in [0.25, 0.3) is 0 Å². The maximum absolute atomic E-state index is 12.3. The zero-order valence-corrected chi connectivity index (χ0v) is 18.7. The summed E-state index contributed by atoms with van der Waals surface area (Å²) in [7, 11) is 1.35. The number of methoxy groups -OCH3 is 1. The molecule has 1 aliphatic heterocycles. The van der Waals surface area contributed by atoms with E-state index in [1.807, 2.05) is 37.8 Å². The van der Waals surface area contributed by atoms with Gasteiger partial charge in [-0.3, -0.25) is 14.9 Å². The van der Waals surface area contributed by atoms with Crippen LogP contribution in [0, 0.1) is 10.1 Å². The smallest absolute Gasteiger partial charge is 0.337 e. The highest BCUT2D eigenvalue weighted by Gasteiger charge is 2.29. The first kappa shape index (κ1) is 23.1. The highest BCUT2D eigenvalue weighted by molar-refractivity contribution is 5.96. The molecule has 1 amide bonds. The maximum atomic E-state index is 12.3. The minimum Gasteiger partial charge on any atom is -0.465 e. The Morgan fingerprint density at radius 1 is 1.12 bits per heavy atom. The van der Waals surface area contributed by atoms with Gasteiger partial charge in [0.05, 0.1) is 17.6 Å². The second kappa shape index (κ2) is 9.67. The summed E-state index contributed by atoms with van der Waals surface area (Å²) < 4.78 is 4.73. The third-order valence-corrected chi connectivity index (χ3v) is 5.44. The van der Waals surface area contributed by atoms with E-state index >= 15 is 0 Å². The Balaban J connectivity index is 1.78. The molecule has 1 atom stereocenters. The minimum atomic E-state index is -0.438. The molecule has 1 N–H and O–H groups in total. The monoisotopic (exact) mass is 440 g/mol. The first-order valence-corrected chi connectivity index (χ1v) is 10.5. The van der Waals surface area contributed by atoms with E-state index in [9.17, 15) is 19.7 Å². The second-order valence-electron chi connectivity index (χ2n) is 8.12. The molecule has 9 heteroatoms. The molecule has 0 saturated carbocycles. The van der Waals surface area contributed by atoms with Crippen molar-refractivity contribution in [2.75, 3.05) is 36.5 Å². The molecule has 1 fully saturated rings. The standard InChI is InChI=1S/C23H28N4O5/c1-15(2)24-22(28)18-7-10-20(21(13-18)27(30)31)26-12-11-25(14-16(26)3)19-8-5-17(6-9-19)23(29)32-4/h5-10,13,15-16H,11-12,14H2,1-4H3,(H,24,28). The van der Waals surface area contributed by atoms with Crippen LogP contribution in [0.4, 0.5) is 17.1 Å². The number of esters is 1. The molecule has 1 unspecified atom stereocenters. The van der Waals surface area contributed by atoms with Gasteiger partial charge in [-0.25, -0.2) is 4.79 Å². The lowest BCUT2D eigenvalue weighted by atomic mass is 10.1. The fourth-order valence-corrected chi connectivity index (χ4v) is 3.88. The number of nitrogens with zero attached hydrogens (tertiary/aromatic N) is 3. The summed E-state index contributed by atoms with van der Waals surface area (Å²) in [6.45, 7) is 7.59. The maximum Gasteiger partial charge on any atom is 0.337 e. The van der Waals surface area contributed by atoms with Gasteiger partial charge in [-0.15, -0.1) is 0 Å². The summed E-state index contributed by atoms with van der Waals surface area (Å²) in [4.78, 5) is 39.4. The number of rotatable bonds is 6. The summed E-state index contributed by atoms with van der Waals surface area (Å²) >= 11 is 0. The van der Waals surface area contributed by atoms with E-state index in [1.54, 1.807) is 24.3 Å². The number of nitro groups is 1. The van der Waals surface area contributed by atoms with Crippen molar-refractivity contribution >= 4 is 28.9 Å². The van der Waals surface area contributed by atoms with Crippen molar-refractivity contribution in [3.05, 3.63) is 63.7 Å². The zero-order valence-electron chi connectivity index (χ0n) is 18.7. The first-order chi connectivity index (χ1) is 15.2. The van der Waals surface area contributed by atoms with E-state index < -0.39 is 4.92 Å². The summed E-state index contributed by atoms with van der Waals surface area (Å²) in [6.07, 6.45) is 0. The van der Waals surface area contributed by atoms with Gasteiger partial charge in [-0.05, 0) is 57.2 Å². The van der Waals surface area contributed by atoms with Gasteiger partial charge in [0.25, 0.3) is 11.6 Å². The lowest BCUT2D eigenvalue weighted by Gasteiger charge is -2.42. The Morgan fingerprint density at radius 3 is 2.34 bits per heavy atom. The number of nitrogens with one attached hydrogen (secondary N) is 1. The van der Waals surface area contributed by atoms with Crippen LogP contribution in [0.15, 0.2) is 42.5 Å². The van der Waals surface area contributed by atoms with Crippen molar-refractivity contribution in [1.82, 2.24) is 5.32 Å². The second-order valence-corrected chi connectivity index (χ2v) is 8.12. The van der Waals surface area contributed by atoms with Crippen molar-refractivity contribution in [2.45, 2.75) is 32.9 Å². The predicted octanol–water partition coefficient (Wildman–Crippen LogP) is 3.23. The molecule has 1 aliphatic rings. The Kier molecular flexibility index (Phi) is 6.97. The van der Waals surface area contributed by atoms with Crippen LogP contribution < -0.4 is 15.1 Å². The van der Waals surface area contributed by atoms with E-state index in [1.165, 1.54) is 13.2 Å². The highest BCUT2D eigenvalue weighted by Crippen LogP contribution is 2.33. The van der Waals surface area contributed by atoms with Gasteiger partial charge in [0.15, 0.2) is 0 Å². The normalized spacial score (nSPS) is 16.1. The third kappa shape index (κ3) is 4.99. The fraction of sp³-hybridized carbons (Fsp3) is 0.391. The summed E-state index contributed by atoms with van der Waals surface area (Å²) in [5.41, 5.74) is 2.15. The number of hydrogen-bond acceptors (Lipinski definition) is 7. The Bertz CT molecular complexity index is 1010. The van der Waals surface area contributed by atoms with Crippen molar-refractivity contribution < 1.29 is 19.2 Å². The summed E-state index contributed by atoms with van der Waals surface area (Å²) in [5.74, 6) is -0.713. The number of carbonyl (C=O) groups excluding carboxylic acids is 2. The highest BCUT2D eigenvalue weighted by atomic mass is 16.6. The van der Waals surface area contributed by atoms with Gasteiger partial charge >= 0.3 is 5.97 Å². The van der Waals surface area contributed by atoms with Gasteiger partial charge in [0, 0.05) is 49.0 Å². The van der Waals surface area contributed by atoms with Gasteiger partial charge in [0.2, 0.25) is 0 Å². The minimum absolute atomic E-state index is 0.00178. The topological polar surface area (TPSA) is 105 Å².